The maximum Gasteiger partial charge on any atom is 0.0492 e. The molecule has 0 spiro atoms. The first kappa shape index (κ1) is 11.6. The first-order chi connectivity index (χ1) is 7.45. The van der Waals surface area contributed by atoms with E-state index in [1.54, 1.807) is 0 Å². The van der Waals surface area contributed by atoms with E-state index in [0.29, 0.717) is 0 Å². The third kappa shape index (κ3) is 1.88. The van der Waals surface area contributed by atoms with Gasteiger partial charge in [-0.15, -0.1) is 0 Å². The second-order valence-electron chi connectivity index (χ2n) is 5.84. The minimum absolute atomic E-state index is 0.0112. The Labute approximate surface area is 98.0 Å². The Balaban J connectivity index is 2.03. The molecule has 1 heterocycles. The smallest absolute Gasteiger partial charge is 0.0492 e. The summed E-state index contributed by atoms with van der Waals surface area (Å²) in [7, 11) is 2.00. The standard InChI is InChI=1S/C13H23N3/c1-12(2)7-4-8-13(12,14)9-5-11-6-10-15-16(11)3/h6,10H,4-5,7-9,14H2,1-3H3. The number of aryl methyl sites for hydroxylation is 2. The van der Waals surface area contributed by atoms with Crippen LogP contribution in [0.15, 0.2) is 12.3 Å². The SMILES string of the molecule is Cn1nccc1CCC1(N)CCCC1(C)C. The zero-order valence-electron chi connectivity index (χ0n) is 10.7. The van der Waals surface area contributed by atoms with Crippen molar-refractivity contribution in [1.82, 2.24) is 9.78 Å². The summed E-state index contributed by atoms with van der Waals surface area (Å²) < 4.78 is 1.95. The van der Waals surface area contributed by atoms with Gasteiger partial charge in [0.1, 0.15) is 0 Å². The van der Waals surface area contributed by atoms with E-state index in [2.05, 4.69) is 25.0 Å². The highest BCUT2D eigenvalue weighted by Gasteiger charge is 2.45. The van der Waals surface area contributed by atoms with E-state index in [-0.39, 0.29) is 11.0 Å². The molecule has 1 unspecified atom stereocenters. The van der Waals surface area contributed by atoms with Gasteiger partial charge in [-0.3, -0.25) is 4.68 Å². The second kappa shape index (κ2) is 3.88. The molecule has 0 amide bonds. The molecule has 1 aromatic rings. The fraction of sp³-hybridized carbons (Fsp3) is 0.769. The molecule has 0 bridgehead atoms. The molecule has 1 aromatic heterocycles. The first-order valence-electron chi connectivity index (χ1n) is 6.20. The molecule has 16 heavy (non-hydrogen) atoms. The highest BCUT2D eigenvalue weighted by atomic mass is 15.2. The summed E-state index contributed by atoms with van der Waals surface area (Å²) >= 11 is 0. The Morgan fingerprint density at radius 2 is 2.19 bits per heavy atom. The Hall–Kier alpha value is -0.830. The zero-order valence-corrected chi connectivity index (χ0v) is 10.7. The van der Waals surface area contributed by atoms with E-state index in [1.807, 2.05) is 17.9 Å². The molecule has 1 atom stereocenters. The molecule has 2 N–H and O–H groups in total. The Morgan fingerprint density at radius 3 is 2.69 bits per heavy atom. The molecule has 90 valence electrons. The van der Waals surface area contributed by atoms with Gasteiger partial charge in [-0.2, -0.15) is 5.10 Å². The summed E-state index contributed by atoms with van der Waals surface area (Å²) in [5.74, 6) is 0. The van der Waals surface area contributed by atoms with Crippen LogP contribution in [0.1, 0.15) is 45.2 Å². The van der Waals surface area contributed by atoms with Crippen LogP contribution in [0.4, 0.5) is 0 Å². The average molecular weight is 221 g/mol. The molecule has 0 aliphatic heterocycles. The lowest BCUT2D eigenvalue weighted by atomic mass is 9.73. The van der Waals surface area contributed by atoms with Gasteiger partial charge in [-0.25, -0.2) is 0 Å². The van der Waals surface area contributed by atoms with E-state index in [0.717, 1.165) is 19.3 Å². The summed E-state index contributed by atoms with van der Waals surface area (Å²) in [5.41, 5.74) is 8.15. The van der Waals surface area contributed by atoms with Crippen LogP contribution in [0.25, 0.3) is 0 Å². The van der Waals surface area contributed by atoms with Crippen LogP contribution in [0, 0.1) is 5.41 Å². The van der Waals surface area contributed by atoms with Crippen molar-refractivity contribution < 1.29 is 0 Å². The molecule has 2 rings (SSSR count). The van der Waals surface area contributed by atoms with Crippen molar-refractivity contribution in [3.05, 3.63) is 18.0 Å². The summed E-state index contributed by atoms with van der Waals surface area (Å²) in [6.45, 7) is 4.62. The number of hydrogen-bond acceptors (Lipinski definition) is 2. The van der Waals surface area contributed by atoms with Crippen LogP contribution in [0.2, 0.25) is 0 Å². The Morgan fingerprint density at radius 1 is 1.44 bits per heavy atom. The van der Waals surface area contributed by atoms with Gasteiger partial charge < -0.3 is 5.73 Å². The average Bonchev–Trinajstić information content (AvgIpc) is 2.70. The van der Waals surface area contributed by atoms with Crippen LogP contribution in [-0.2, 0) is 13.5 Å². The number of nitrogens with two attached hydrogens (primary N) is 1. The minimum atomic E-state index is 0.0112. The van der Waals surface area contributed by atoms with Gasteiger partial charge in [-0.1, -0.05) is 20.3 Å². The molecule has 3 heteroatoms. The predicted molar refractivity (Wildman–Crippen MR) is 66.1 cm³/mol. The molecule has 1 saturated carbocycles. The molecule has 1 fully saturated rings. The third-order valence-electron chi connectivity index (χ3n) is 4.52. The molecule has 1 aliphatic carbocycles. The summed E-state index contributed by atoms with van der Waals surface area (Å²) in [6.07, 6.45) is 7.66. The number of hydrogen-bond donors (Lipinski definition) is 1. The first-order valence-corrected chi connectivity index (χ1v) is 6.20. The van der Waals surface area contributed by atoms with E-state index in [9.17, 15) is 0 Å². The highest BCUT2D eigenvalue weighted by molar-refractivity contribution is 5.07. The predicted octanol–water partition coefficient (Wildman–Crippen LogP) is 2.26. The highest BCUT2D eigenvalue weighted by Crippen LogP contribution is 2.46. The van der Waals surface area contributed by atoms with E-state index in [1.165, 1.54) is 18.5 Å². The van der Waals surface area contributed by atoms with E-state index < -0.39 is 0 Å². The summed E-state index contributed by atoms with van der Waals surface area (Å²) in [5, 5.41) is 4.20. The fourth-order valence-corrected chi connectivity index (χ4v) is 2.89. The summed E-state index contributed by atoms with van der Waals surface area (Å²) in [4.78, 5) is 0. The maximum absolute atomic E-state index is 6.57. The van der Waals surface area contributed by atoms with Crippen molar-refractivity contribution in [3.8, 4) is 0 Å². The van der Waals surface area contributed by atoms with E-state index >= 15 is 0 Å². The lowest BCUT2D eigenvalue weighted by molar-refractivity contribution is 0.194. The lowest BCUT2D eigenvalue weighted by Crippen LogP contribution is -2.49. The van der Waals surface area contributed by atoms with Crippen LogP contribution >= 0.6 is 0 Å². The van der Waals surface area contributed by atoms with E-state index in [4.69, 9.17) is 5.73 Å². The maximum atomic E-state index is 6.57. The van der Waals surface area contributed by atoms with Crippen molar-refractivity contribution in [2.45, 2.75) is 51.5 Å². The van der Waals surface area contributed by atoms with Gasteiger partial charge in [0.05, 0.1) is 0 Å². The topological polar surface area (TPSA) is 43.8 Å². The van der Waals surface area contributed by atoms with Gasteiger partial charge in [0, 0.05) is 24.5 Å². The van der Waals surface area contributed by atoms with Crippen molar-refractivity contribution in [2.24, 2.45) is 18.2 Å². The minimum Gasteiger partial charge on any atom is -0.325 e. The molecule has 3 nitrogen and oxygen atoms in total. The Bertz CT molecular complexity index is 367. The Kier molecular flexibility index (Phi) is 2.82. The van der Waals surface area contributed by atoms with Crippen molar-refractivity contribution >= 4 is 0 Å². The normalized spacial score (nSPS) is 28.5. The van der Waals surface area contributed by atoms with Crippen LogP contribution in [0.3, 0.4) is 0 Å². The fourth-order valence-electron chi connectivity index (χ4n) is 2.89. The third-order valence-corrected chi connectivity index (χ3v) is 4.52. The largest absolute Gasteiger partial charge is 0.325 e. The molecule has 1 aliphatic rings. The molecule has 0 saturated heterocycles. The van der Waals surface area contributed by atoms with Gasteiger partial charge in [0.15, 0.2) is 0 Å². The second-order valence-corrected chi connectivity index (χ2v) is 5.84. The van der Waals surface area contributed by atoms with Gasteiger partial charge >= 0.3 is 0 Å². The molecular weight excluding hydrogens is 198 g/mol. The van der Waals surface area contributed by atoms with Crippen molar-refractivity contribution in [1.29, 1.82) is 0 Å². The number of rotatable bonds is 3. The van der Waals surface area contributed by atoms with Crippen LogP contribution < -0.4 is 5.73 Å². The van der Waals surface area contributed by atoms with Crippen molar-refractivity contribution in [2.75, 3.05) is 0 Å². The van der Waals surface area contributed by atoms with Gasteiger partial charge in [-0.05, 0) is 37.2 Å². The van der Waals surface area contributed by atoms with Gasteiger partial charge in [0.25, 0.3) is 0 Å². The number of nitrogens with zero attached hydrogens (tertiary/aromatic N) is 2. The van der Waals surface area contributed by atoms with Crippen molar-refractivity contribution in [3.63, 3.8) is 0 Å². The monoisotopic (exact) mass is 221 g/mol. The zero-order chi connectivity index (χ0) is 11.8. The lowest BCUT2D eigenvalue weighted by Gasteiger charge is -2.38. The molecular formula is C13H23N3. The quantitative estimate of drug-likeness (QED) is 0.851. The molecule has 0 radical (unpaired) electrons. The van der Waals surface area contributed by atoms with Gasteiger partial charge in [0.2, 0.25) is 0 Å². The summed E-state index contributed by atoms with van der Waals surface area (Å²) in [6, 6.07) is 2.09. The van der Waals surface area contributed by atoms with Crippen LogP contribution in [-0.4, -0.2) is 15.3 Å². The molecule has 0 aromatic carbocycles. The number of aromatic nitrogens is 2. The van der Waals surface area contributed by atoms with Crippen LogP contribution in [0.5, 0.6) is 0 Å².